The molecular formula is C19H19NO4. The summed E-state index contributed by atoms with van der Waals surface area (Å²) in [7, 11) is 1.59. The summed E-state index contributed by atoms with van der Waals surface area (Å²) in [5, 5.41) is 8.97. The lowest BCUT2D eigenvalue weighted by molar-refractivity contribution is -0.137. The molecule has 0 saturated carbocycles. The lowest BCUT2D eigenvalue weighted by atomic mass is 9.96. The molecule has 0 spiro atoms. The predicted octanol–water partition coefficient (Wildman–Crippen LogP) is 3.30. The Morgan fingerprint density at radius 1 is 1.21 bits per heavy atom. The van der Waals surface area contributed by atoms with Gasteiger partial charge in [0.2, 0.25) is 0 Å². The first-order valence-electron chi connectivity index (χ1n) is 7.87. The lowest BCUT2D eigenvalue weighted by Gasteiger charge is -2.18. The Balaban J connectivity index is 1.93. The van der Waals surface area contributed by atoms with E-state index in [1.165, 1.54) is 0 Å². The summed E-state index contributed by atoms with van der Waals surface area (Å²) in [5.74, 6) is -0.186. The third kappa shape index (κ3) is 3.11. The van der Waals surface area contributed by atoms with E-state index in [0.717, 1.165) is 11.3 Å². The van der Waals surface area contributed by atoms with Crippen molar-refractivity contribution in [2.75, 3.05) is 18.6 Å². The average Bonchev–Trinajstić information content (AvgIpc) is 2.97. The topological polar surface area (TPSA) is 66.8 Å². The molecule has 124 valence electrons. The number of anilines is 1. The van der Waals surface area contributed by atoms with Crippen LogP contribution < -0.4 is 9.64 Å². The molecule has 5 nitrogen and oxygen atoms in total. The van der Waals surface area contributed by atoms with Gasteiger partial charge in [-0.15, -0.1) is 0 Å². The van der Waals surface area contributed by atoms with Crippen LogP contribution in [0.1, 0.15) is 34.7 Å². The maximum absolute atomic E-state index is 12.8. The second kappa shape index (κ2) is 6.74. The fraction of sp³-hybridized carbons (Fsp3) is 0.263. The van der Waals surface area contributed by atoms with Gasteiger partial charge in [-0.1, -0.05) is 18.2 Å². The van der Waals surface area contributed by atoms with Crippen molar-refractivity contribution in [2.45, 2.75) is 18.8 Å². The number of benzene rings is 2. The number of nitrogens with zero attached hydrogens (tertiary/aromatic N) is 1. The molecule has 1 amide bonds. The zero-order chi connectivity index (χ0) is 17.1. The molecule has 1 N–H and O–H groups in total. The van der Waals surface area contributed by atoms with Gasteiger partial charge >= 0.3 is 5.97 Å². The van der Waals surface area contributed by atoms with E-state index in [0.29, 0.717) is 24.3 Å². The van der Waals surface area contributed by atoms with Gasteiger partial charge in [-0.2, -0.15) is 0 Å². The third-order valence-electron chi connectivity index (χ3n) is 4.34. The summed E-state index contributed by atoms with van der Waals surface area (Å²) in [6, 6.07) is 14.7. The minimum atomic E-state index is -0.827. The van der Waals surface area contributed by atoms with Crippen molar-refractivity contribution in [3.8, 4) is 5.75 Å². The van der Waals surface area contributed by atoms with Crippen LogP contribution in [-0.4, -0.2) is 30.6 Å². The van der Waals surface area contributed by atoms with E-state index in [2.05, 4.69) is 0 Å². The molecular weight excluding hydrogens is 306 g/mol. The normalized spacial score (nSPS) is 15.9. The Kier molecular flexibility index (Phi) is 4.51. The van der Waals surface area contributed by atoms with Crippen molar-refractivity contribution >= 4 is 17.6 Å². The first-order chi connectivity index (χ1) is 11.6. The highest BCUT2D eigenvalue weighted by atomic mass is 16.5. The molecule has 1 aliphatic heterocycles. The number of ether oxygens (including phenoxy) is 1. The van der Waals surface area contributed by atoms with Gasteiger partial charge in [0.25, 0.3) is 5.91 Å². The van der Waals surface area contributed by atoms with Crippen LogP contribution in [0.25, 0.3) is 0 Å². The number of rotatable bonds is 5. The summed E-state index contributed by atoms with van der Waals surface area (Å²) in [6.07, 6.45) is 0.572. The van der Waals surface area contributed by atoms with Gasteiger partial charge in [0.05, 0.1) is 7.11 Å². The summed E-state index contributed by atoms with van der Waals surface area (Å²) < 4.78 is 5.27. The second-order valence-electron chi connectivity index (χ2n) is 5.84. The number of carbonyl (C=O) groups is 2. The molecule has 1 heterocycles. The minimum Gasteiger partial charge on any atom is -0.497 e. The monoisotopic (exact) mass is 325 g/mol. The largest absolute Gasteiger partial charge is 0.497 e. The molecule has 1 aliphatic rings. The van der Waals surface area contributed by atoms with Crippen molar-refractivity contribution in [2.24, 2.45) is 0 Å². The van der Waals surface area contributed by atoms with Crippen molar-refractivity contribution in [1.82, 2.24) is 0 Å². The van der Waals surface area contributed by atoms with Gasteiger partial charge in [0.15, 0.2) is 0 Å². The summed E-state index contributed by atoms with van der Waals surface area (Å²) >= 11 is 0. The highest BCUT2D eigenvalue weighted by molar-refractivity contribution is 6.07. The van der Waals surface area contributed by atoms with Gasteiger partial charge < -0.3 is 14.7 Å². The number of aliphatic carboxylic acids is 1. The van der Waals surface area contributed by atoms with Crippen molar-refractivity contribution in [3.63, 3.8) is 0 Å². The van der Waals surface area contributed by atoms with Crippen LogP contribution in [-0.2, 0) is 4.79 Å². The van der Waals surface area contributed by atoms with Crippen LogP contribution in [0.5, 0.6) is 5.75 Å². The van der Waals surface area contributed by atoms with Gasteiger partial charge in [-0.3, -0.25) is 9.59 Å². The summed E-state index contributed by atoms with van der Waals surface area (Å²) in [4.78, 5) is 25.5. The number of carbonyl (C=O) groups excluding carboxylic acids is 1. The molecule has 0 aromatic heterocycles. The number of amides is 1. The van der Waals surface area contributed by atoms with Crippen LogP contribution >= 0.6 is 0 Å². The summed E-state index contributed by atoms with van der Waals surface area (Å²) in [6.45, 7) is 0.490. The summed E-state index contributed by atoms with van der Waals surface area (Å²) in [5.41, 5.74) is 2.43. The Labute approximate surface area is 140 Å². The van der Waals surface area contributed by atoms with Gasteiger partial charge in [-0.05, 0) is 42.3 Å². The van der Waals surface area contributed by atoms with Crippen LogP contribution in [0.2, 0.25) is 0 Å². The Bertz CT molecular complexity index is 757. The zero-order valence-electron chi connectivity index (χ0n) is 13.4. The molecule has 0 fully saturated rings. The third-order valence-corrected chi connectivity index (χ3v) is 4.34. The number of carboxylic acid groups (broad SMARTS) is 1. The Hall–Kier alpha value is -2.82. The standard InChI is InChI=1S/C19H19NO4/c1-24-15-8-9-17-16(11-15)14(7-10-18(21)22)12-20(17)19(23)13-5-3-2-4-6-13/h2-6,8-9,11,14H,7,10,12H2,1H3,(H,21,22). The van der Waals surface area contributed by atoms with E-state index in [-0.39, 0.29) is 18.2 Å². The molecule has 2 aromatic carbocycles. The zero-order valence-corrected chi connectivity index (χ0v) is 13.4. The maximum atomic E-state index is 12.8. The van der Waals surface area contributed by atoms with Gasteiger partial charge in [0, 0.05) is 30.1 Å². The van der Waals surface area contributed by atoms with E-state index in [4.69, 9.17) is 9.84 Å². The fourth-order valence-electron chi connectivity index (χ4n) is 3.12. The Morgan fingerprint density at radius 2 is 1.96 bits per heavy atom. The smallest absolute Gasteiger partial charge is 0.303 e. The fourth-order valence-corrected chi connectivity index (χ4v) is 3.12. The van der Waals surface area contributed by atoms with E-state index in [1.807, 2.05) is 36.4 Å². The quantitative estimate of drug-likeness (QED) is 0.916. The van der Waals surface area contributed by atoms with E-state index < -0.39 is 5.97 Å². The molecule has 2 aromatic rings. The van der Waals surface area contributed by atoms with Gasteiger partial charge in [-0.25, -0.2) is 0 Å². The second-order valence-corrected chi connectivity index (χ2v) is 5.84. The average molecular weight is 325 g/mol. The number of fused-ring (bicyclic) bond motifs is 1. The molecule has 3 rings (SSSR count). The molecule has 5 heteroatoms. The molecule has 0 saturated heterocycles. The first kappa shape index (κ1) is 16.1. The molecule has 1 atom stereocenters. The number of hydrogen-bond acceptors (Lipinski definition) is 3. The van der Waals surface area contributed by atoms with Crippen molar-refractivity contribution in [1.29, 1.82) is 0 Å². The molecule has 0 radical (unpaired) electrons. The van der Waals surface area contributed by atoms with Crippen molar-refractivity contribution in [3.05, 3.63) is 59.7 Å². The highest BCUT2D eigenvalue weighted by Crippen LogP contribution is 2.41. The highest BCUT2D eigenvalue weighted by Gasteiger charge is 2.33. The van der Waals surface area contributed by atoms with Crippen LogP contribution in [0.15, 0.2) is 48.5 Å². The minimum absolute atomic E-state index is 0.00105. The van der Waals surface area contributed by atoms with Gasteiger partial charge in [0.1, 0.15) is 5.75 Å². The van der Waals surface area contributed by atoms with E-state index >= 15 is 0 Å². The van der Waals surface area contributed by atoms with Crippen LogP contribution in [0, 0.1) is 0 Å². The maximum Gasteiger partial charge on any atom is 0.303 e. The predicted molar refractivity (Wildman–Crippen MR) is 90.7 cm³/mol. The number of methoxy groups -OCH3 is 1. The van der Waals surface area contributed by atoms with E-state index in [9.17, 15) is 9.59 Å². The first-order valence-corrected chi connectivity index (χ1v) is 7.87. The number of carboxylic acids is 1. The van der Waals surface area contributed by atoms with Crippen LogP contribution in [0.4, 0.5) is 5.69 Å². The molecule has 24 heavy (non-hydrogen) atoms. The van der Waals surface area contributed by atoms with Crippen molar-refractivity contribution < 1.29 is 19.4 Å². The number of hydrogen-bond donors (Lipinski definition) is 1. The van der Waals surface area contributed by atoms with E-state index in [1.54, 1.807) is 24.1 Å². The van der Waals surface area contributed by atoms with Crippen LogP contribution in [0.3, 0.4) is 0 Å². The SMILES string of the molecule is COc1ccc2c(c1)C(CCC(=O)O)CN2C(=O)c1ccccc1. The molecule has 1 unspecified atom stereocenters. The molecule has 0 bridgehead atoms. The lowest BCUT2D eigenvalue weighted by Crippen LogP contribution is -2.29. The molecule has 0 aliphatic carbocycles. The Morgan fingerprint density at radius 3 is 2.62 bits per heavy atom.